The van der Waals surface area contributed by atoms with Gasteiger partial charge < -0.3 is 24.2 Å². The van der Waals surface area contributed by atoms with Gasteiger partial charge in [0.15, 0.2) is 0 Å². The van der Waals surface area contributed by atoms with Gasteiger partial charge in [-0.05, 0) is 80.3 Å². The Morgan fingerprint density at radius 3 is 2.44 bits per heavy atom. The minimum absolute atomic E-state index is 0.134. The van der Waals surface area contributed by atoms with Gasteiger partial charge in [-0.15, -0.1) is 4.72 Å². The lowest BCUT2D eigenvalue weighted by atomic mass is 9.98. The number of carbonyl (C=O) groups is 1. The van der Waals surface area contributed by atoms with Crippen LogP contribution in [0.5, 0.6) is 5.75 Å². The van der Waals surface area contributed by atoms with Crippen LogP contribution in [0.3, 0.4) is 0 Å². The third-order valence-corrected chi connectivity index (χ3v) is 8.94. The number of hydrogen-bond acceptors (Lipinski definition) is 7. The van der Waals surface area contributed by atoms with Crippen molar-refractivity contribution < 1.29 is 23.2 Å². The van der Waals surface area contributed by atoms with E-state index in [4.69, 9.17) is 19.6 Å². The van der Waals surface area contributed by atoms with E-state index in [0.29, 0.717) is 24.7 Å². The van der Waals surface area contributed by atoms with E-state index in [1.54, 1.807) is 6.92 Å². The summed E-state index contributed by atoms with van der Waals surface area (Å²) in [6.45, 7) is 8.63. The number of ether oxygens (including phenoxy) is 2. The highest BCUT2D eigenvalue weighted by Gasteiger charge is 2.32. The maximum Gasteiger partial charge on any atom is 0.310 e. The first kappa shape index (κ1) is 32.3. The summed E-state index contributed by atoms with van der Waals surface area (Å²) < 4.78 is 34.2. The van der Waals surface area contributed by atoms with Gasteiger partial charge >= 0.3 is 5.97 Å². The van der Waals surface area contributed by atoms with Crippen LogP contribution in [0.2, 0.25) is 0 Å². The molecule has 0 saturated carbocycles. The van der Waals surface area contributed by atoms with Crippen molar-refractivity contribution in [1.82, 2.24) is 4.72 Å². The molecule has 5 rings (SSSR count). The van der Waals surface area contributed by atoms with Gasteiger partial charge in [-0.1, -0.05) is 66.7 Å². The predicted molar refractivity (Wildman–Crippen MR) is 180 cm³/mol. The summed E-state index contributed by atoms with van der Waals surface area (Å²) in [6.07, 6.45) is 0.134. The average molecular weight is 625 g/mol. The molecule has 0 aliphatic rings. The van der Waals surface area contributed by atoms with Crippen molar-refractivity contribution in [3.05, 3.63) is 125 Å². The Kier molecular flexibility index (Phi) is 10.3. The second-order valence-electron chi connectivity index (χ2n) is 11.8. The van der Waals surface area contributed by atoms with E-state index in [-0.39, 0.29) is 19.0 Å². The lowest BCUT2D eigenvalue weighted by molar-refractivity contribution is -0.142. The fourth-order valence-corrected chi connectivity index (χ4v) is 5.90. The molecule has 0 saturated heterocycles. The summed E-state index contributed by atoms with van der Waals surface area (Å²) in [6, 6.07) is 31.2. The first-order valence-corrected chi connectivity index (χ1v) is 16.3. The van der Waals surface area contributed by atoms with Gasteiger partial charge in [-0.3, -0.25) is 4.79 Å². The molecule has 3 N–H and O–H groups in total. The molecule has 0 radical (unpaired) electrons. The molecule has 234 valence electrons. The predicted octanol–water partition coefficient (Wildman–Crippen LogP) is 7.38. The van der Waals surface area contributed by atoms with Gasteiger partial charge in [0, 0.05) is 34.4 Å². The number of rotatable bonds is 12. The van der Waals surface area contributed by atoms with Gasteiger partial charge in [0.25, 0.3) is 0 Å². The highest BCUT2D eigenvalue weighted by molar-refractivity contribution is 7.90. The van der Waals surface area contributed by atoms with E-state index in [9.17, 15) is 9.35 Å². The lowest BCUT2D eigenvalue weighted by Crippen LogP contribution is -2.41. The van der Waals surface area contributed by atoms with Crippen LogP contribution in [0.25, 0.3) is 22.1 Å². The Bertz CT molecular complexity index is 1750. The average Bonchev–Trinajstić information content (AvgIpc) is 3.46. The first-order valence-electron chi connectivity index (χ1n) is 15.1. The molecule has 1 aromatic heterocycles. The largest absolute Gasteiger partial charge is 0.598 e. The van der Waals surface area contributed by atoms with Crippen LogP contribution in [0, 0.1) is 0 Å². The Morgan fingerprint density at radius 1 is 0.956 bits per heavy atom. The smallest absolute Gasteiger partial charge is 0.310 e. The summed E-state index contributed by atoms with van der Waals surface area (Å²) >= 11 is -1.35. The van der Waals surface area contributed by atoms with Crippen molar-refractivity contribution in [2.24, 2.45) is 5.73 Å². The first-order chi connectivity index (χ1) is 21.7. The standard InChI is InChI=1S/C37H40N2O5S/c1-5-42-34(40)22-29-15-9-10-17-32(29)43-24-26-19-30-21-33(35(27-13-7-6-8-14-27)39-45(41)37(2,3)4)44-36(30)31(20-26)28-16-11-12-25(18-28)23-38/h6-21,35,39H,5,22-24,38H2,1-4H3/t35?,45-/m1/s1. The number of fused-ring (bicyclic) bond motifs is 1. The van der Waals surface area contributed by atoms with Gasteiger partial charge in [-0.25, -0.2) is 0 Å². The molecule has 0 fully saturated rings. The van der Waals surface area contributed by atoms with Crippen LogP contribution in [0.15, 0.2) is 101 Å². The number of hydrogen-bond donors (Lipinski definition) is 2. The Hall–Kier alpha value is -4.08. The molecule has 5 aromatic rings. The minimum Gasteiger partial charge on any atom is -0.598 e. The van der Waals surface area contributed by atoms with Crippen molar-refractivity contribution in [2.45, 2.75) is 58.1 Å². The maximum absolute atomic E-state index is 13.3. The number of esters is 1. The fourth-order valence-electron chi connectivity index (χ4n) is 5.08. The zero-order valence-electron chi connectivity index (χ0n) is 26.2. The number of nitrogens with two attached hydrogens (primary N) is 1. The molecule has 0 spiro atoms. The molecule has 0 aliphatic heterocycles. The van der Waals surface area contributed by atoms with Gasteiger partial charge in [0.2, 0.25) is 0 Å². The number of nitrogens with one attached hydrogen (secondary N) is 1. The van der Waals surface area contributed by atoms with Crippen LogP contribution >= 0.6 is 0 Å². The summed E-state index contributed by atoms with van der Waals surface area (Å²) in [4.78, 5) is 12.2. The van der Waals surface area contributed by atoms with Gasteiger partial charge in [0.05, 0.1) is 13.0 Å². The molecule has 0 aliphatic carbocycles. The lowest BCUT2D eigenvalue weighted by Gasteiger charge is -2.27. The van der Waals surface area contributed by atoms with E-state index >= 15 is 0 Å². The van der Waals surface area contributed by atoms with E-state index in [1.165, 1.54) is 0 Å². The SMILES string of the molecule is CCOC(=O)Cc1ccccc1OCc1cc(-c2cccc(CN)c2)c2oc(C(N[S@+]([O-])C(C)(C)C)c3ccccc3)cc2c1. The topological polar surface area (TPSA) is 110 Å². The normalized spacial score (nSPS) is 13.0. The molecule has 2 atom stereocenters. The zero-order chi connectivity index (χ0) is 32.0. The third kappa shape index (κ3) is 7.96. The van der Waals surface area contributed by atoms with Crippen LogP contribution in [-0.4, -0.2) is 21.9 Å². The van der Waals surface area contributed by atoms with Crippen LogP contribution in [0.4, 0.5) is 0 Å². The number of furan rings is 1. The molecule has 4 aromatic carbocycles. The molecule has 45 heavy (non-hydrogen) atoms. The maximum atomic E-state index is 13.3. The molecular formula is C37H40N2O5S. The molecule has 1 unspecified atom stereocenters. The van der Waals surface area contributed by atoms with Crippen molar-refractivity contribution in [3.63, 3.8) is 0 Å². The Labute approximate surface area is 268 Å². The highest BCUT2D eigenvalue weighted by Crippen LogP contribution is 2.37. The monoisotopic (exact) mass is 624 g/mol. The molecule has 8 heteroatoms. The second-order valence-corrected chi connectivity index (χ2v) is 13.8. The number of carbonyl (C=O) groups excluding carboxylic acids is 1. The summed E-state index contributed by atoms with van der Waals surface area (Å²) in [7, 11) is 0. The summed E-state index contributed by atoms with van der Waals surface area (Å²) in [5.74, 6) is 0.989. The van der Waals surface area contributed by atoms with Crippen molar-refractivity contribution in [2.75, 3.05) is 6.61 Å². The Morgan fingerprint density at radius 2 is 1.71 bits per heavy atom. The van der Waals surface area contributed by atoms with Crippen molar-refractivity contribution in [1.29, 1.82) is 0 Å². The van der Waals surface area contributed by atoms with E-state index < -0.39 is 22.2 Å². The van der Waals surface area contributed by atoms with Gasteiger partial charge in [0.1, 0.15) is 34.5 Å². The van der Waals surface area contributed by atoms with E-state index in [2.05, 4.69) is 22.9 Å². The van der Waals surface area contributed by atoms with Crippen LogP contribution < -0.4 is 15.2 Å². The number of para-hydroxylation sites is 1. The molecular weight excluding hydrogens is 584 g/mol. The van der Waals surface area contributed by atoms with Gasteiger partial charge in [-0.2, -0.15) is 0 Å². The highest BCUT2D eigenvalue weighted by atomic mass is 32.2. The molecule has 7 nitrogen and oxygen atoms in total. The third-order valence-electron chi connectivity index (χ3n) is 7.37. The summed E-state index contributed by atoms with van der Waals surface area (Å²) in [5.41, 5.74) is 12.2. The molecule has 0 amide bonds. The minimum atomic E-state index is -1.35. The van der Waals surface area contributed by atoms with Crippen molar-refractivity contribution >= 4 is 28.3 Å². The van der Waals surface area contributed by atoms with Crippen LogP contribution in [0.1, 0.15) is 61.8 Å². The van der Waals surface area contributed by atoms with E-state index in [1.807, 2.05) is 99.6 Å². The second kappa shape index (κ2) is 14.3. The van der Waals surface area contributed by atoms with E-state index in [0.717, 1.165) is 44.3 Å². The quantitative estimate of drug-likeness (QED) is 0.110. The Balaban J connectivity index is 1.56. The van der Waals surface area contributed by atoms with Crippen LogP contribution in [-0.2, 0) is 40.5 Å². The molecule has 1 heterocycles. The fraction of sp³-hybridized carbons (Fsp3) is 0.270. The zero-order valence-corrected chi connectivity index (χ0v) is 27.0. The van der Waals surface area contributed by atoms with Crippen molar-refractivity contribution in [3.8, 4) is 16.9 Å². The summed E-state index contributed by atoms with van der Waals surface area (Å²) in [5, 5.41) is 0.892. The number of benzene rings is 4. The molecule has 0 bridgehead atoms.